The van der Waals surface area contributed by atoms with Crippen LogP contribution in [0.1, 0.15) is 0 Å². The Hall–Kier alpha value is -2.70. The van der Waals surface area contributed by atoms with E-state index in [-0.39, 0.29) is 17.3 Å². The van der Waals surface area contributed by atoms with Crippen molar-refractivity contribution in [1.29, 1.82) is 0 Å². The third kappa shape index (κ3) is 2.28. The first-order chi connectivity index (χ1) is 8.18. The highest BCUT2D eigenvalue weighted by molar-refractivity contribution is 5.55. The summed E-state index contributed by atoms with van der Waals surface area (Å²) in [5.74, 6) is -0.0690. The standard InChI is InChI=1S/C10H10N6O/c11-9-4-3-8(10(12)16(9)17)15-14-7-2-1-5-13-6-7/h1-6H,11-12H2. The molecule has 17 heavy (non-hydrogen) atoms. The number of aromatic nitrogens is 2. The van der Waals surface area contributed by atoms with Crippen LogP contribution >= 0.6 is 0 Å². The molecular formula is C10H10N6O. The molecule has 0 aliphatic carbocycles. The molecule has 0 saturated heterocycles. The number of hydrogen-bond acceptors (Lipinski definition) is 6. The maximum absolute atomic E-state index is 11.4. The lowest BCUT2D eigenvalue weighted by atomic mass is 10.4. The number of azo groups is 1. The van der Waals surface area contributed by atoms with Crippen LogP contribution in [0.4, 0.5) is 23.0 Å². The number of nitrogen functional groups attached to an aromatic ring is 2. The molecule has 0 radical (unpaired) electrons. The zero-order chi connectivity index (χ0) is 12.3. The molecule has 0 bridgehead atoms. The van der Waals surface area contributed by atoms with Crippen molar-refractivity contribution in [3.8, 4) is 0 Å². The average molecular weight is 230 g/mol. The minimum Gasteiger partial charge on any atom is -0.740 e. The summed E-state index contributed by atoms with van der Waals surface area (Å²) in [5, 5.41) is 19.1. The maximum Gasteiger partial charge on any atom is 0.247 e. The second-order valence-corrected chi connectivity index (χ2v) is 3.23. The topological polar surface area (TPSA) is 117 Å². The Morgan fingerprint density at radius 1 is 1.18 bits per heavy atom. The van der Waals surface area contributed by atoms with Crippen LogP contribution in [0.25, 0.3) is 0 Å². The van der Waals surface area contributed by atoms with Crippen molar-refractivity contribution in [2.24, 2.45) is 10.2 Å². The SMILES string of the molecule is Nc1ccc(N=Nc2cccnc2)c(N)[n+]1[O-]. The molecule has 0 atom stereocenters. The predicted molar refractivity (Wildman–Crippen MR) is 62.6 cm³/mol. The van der Waals surface area contributed by atoms with Crippen LogP contribution in [-0.2, 0) is 0 Å². The Labute approximate surface area is 97.0 Å². The number of pyridine rings is 2. The van der Waals surface area contributed by atoms with E-state index in [4.69, 9.17) is 11.5 Å². The van der Waals surface area contributed by atoms with Crippen LogP contribution in [0.3, 0.4) is 0 Å². The average Bonchev–Trinajstić information content (AvgIpc) is 2.36. The van der Waals surface area contributed by atoms with Crippen molar-refractivity contribution in [2.45, 2.75) is 0 Å². The minimum atomic E-state index is -0.0855. The van der Waals surface area contributed by atoms with Gasteiger partial charge in [0.2, 0.25) is 11.6 Å². The summed E-state index contributed by atoms with van der Waals surface area (Å²) < 4.78 is 0.400. The lowest BCUT2D eigenvalue weighted by molar-refractivity contribution is -0.573. The first kappa shape index (κ1) is 10.8. The number of anilines is 2. The summed E-state index contributed by atoms with van der Waals surface area (Å²) in [5.41, 5.74) is 11.8. The fraction of sp³-hybridized carbons (Fsp3) is 0. The molecule has 2 heterocycles. The molecule has 0 spiro atoms. The summed E-state index contributed by atoms with van der Waals surface area (Å²) in [6, 6.07) is 6.41. The Balaban J connectivity index is 2.31. The first-order valence-corrected chi connectivity index (χ1v) is 4.78. The number of nitrogens with zero attached hydrogens (tertiary/aromatic N) is 4. The van der Waals surface area contributed by atoms with Crippen LogP contribution in [0, 0.1) is 5.21 Å². The monoisotopic (exact) mass is 230 g/mol. The molecule has 0 aliphatic heterocycles. The minimum absolute atomic E-state index is 0.0165. The van der Waals surface area contributed by atoms with Gasteiger partial charge in [0, 0.05) is 12.3 Å². The fourth-order valence-electron chi connectivity index (χ4n) is 1.17. The molecule has 0 amide bonds. The molecule has 0 aliphatic rings. The van der Waals surface area contributed by atoms with Gasteiger partial charge < -0.3 is 16.7 Å². The smallest absolute Gasteiger partial charge is 0.247 e. The van der Waals surface area contributed by atoms with Crippen molar-refractivity contribution in [2.75, 3.05) is 11.5 Å². The van der Waals surface area contributed by atoms with Gasteiger partial charge in [-0.3, -0.25) is 4.98 Å². The van der Waals surface area contributed by atoms with Gasteiger partial charge in [0.25, 0.3) is 0 Å². The molecular weight excluding hydrogens is 220 g/mol. The lowest BCUT2D eigenvalue weighted by Gasteiger charge is -2.09. The maximum atomic E-state index is 11.4. The highest BCUT2D eigenvalue weighted by atomic mass is 16.5. The van der Waals surface area contributed by atoms with Gasteiger partial charge in [0.05, 0.1) is 6.20 Å². The quantitative estimate of drug-likeness (QED) is 0.459. The molecule has 2 aromatic rings. The van der Waals surface area contributed by atoms with Crippen molar-refractivity contribution in [1.82, 2.24) is 4.98 Å². The van der Waals surface area contributed by atoms with Gasteiger partial charge in [-0.05, 0) is 18.2 Å². The zero-order valence-electron chi connectivity index (χ0n) is 8.82. The van der Waals surface area contributed by atoms with Gasteiger partial charge >= 0.3 is 0 Å². The van der Waals surface area contributed by atoms with Crippen LogP contribution in [0.2, 0.25) is 0 Å². The van der Waals surface area contributed by atoms with Crippen molar-refractivity contribution in [3.63, 3.8) is 0 Å². The van der Waals surface area contributed by atoms with Crippen molar-refractivity contribution < 1.29 is 4.73 Å². The van der Waals surface area contributed by atoms with E-state index in [9.17, 15) is 5.21 Å². The Bertz CT molecular complexity index is 554. The normalized spacial score (nSPS) is 10.8. The summed E-state index contributed by atoms with van der Waals surface area (Å²) in [7, 11) is 0. The Morgan fingerprint density at radius 2 is 2.00 bits per heavy atom. The van der Waals surface area contributed by atoms with E-state index in [1.807, 2.05) is 0 Å². The van der Waals surface area contributed by atoms with Crippen LogP contribution < -0.4 is 16.2 Å². The molecule has 0 aromatic carbocycles. The highest BCUT2D eigenvalue weighted by Crippen LogP contribution is 2.21. The zero-order valence-corrected chi connectivity index (χ0v) is 8.82. The molecule has 0 unspecified atom stereocenters. The van der Waals surface area contributed by atoms with Gasteiger partial charge in [-0.2, -0.15) is 0 Å². The van der Waals surface area contributed by atoms with E-state index >= 15 is 0 Å². The molecule has 2 aromatic heterocycles. The second-order valence-electron chi connectivity index (χ2n) is 3.23. The van der Waals surface area contributed by atoms with Crippen LogP contribution in [0.15, 0.2) is 46.9 Å². The van der Waals surface area contributed by atoms with Gasteiger partial charge in [0.15, 0.2) is 5.69 Å². The first-order valence-electron chi connectivity index (χ1n) is 4.78. The van der Waals surface area contributed by atoms with Crippen molar-refractivity contribution in [3.05, 3.63) is 41.9 Å². The highest BCUT2D eigenvalue weighted by Gasteiger charge is 2.06. The molecule has 7 nitrogen and oxygen atoms in total. The van der Waals surface area contributed by atoms with Gasteiger partial charge in [-0.1, -0.05) is 0 Å². The van der Waals surface area contributed by atoms with Gasteiger partial charge in [-0.25, -0.2) is 4.73 Å². The lowest BCUT2D eigenvalue weighted by Crippen LogP contribution is -2.33. The van der Waals surface area contributed by atoms with E-state index in [1.54, 1.807) is 24.5 Å². The summed E-state index contributed by atoms with van der Waals surface area (Å²) >= 11 is 0. The summed E-state index contributed by atoms with van der Waals surface area (Å²) in [6.45, 7) is 0. The summed E-state index contributed by atoms with van der Waals surface area (Å²) in [4.78, 5) is 3.88. The molecule has 2 rings (SSSR count). The molecule has 4 N–H and O–H groups in total. The number of nitrogens with two attached hydrogens (primary N) is 2. The van der Waals surface area contributed by atoms with E-state index in [0.717, 1.165) is 0 Å². The largest absolute Gasteiger partial charge is 0.740 e. The third-order valence-electron chi connectivity index (χ3n) is 2.05. The van der Waals surface area contributed by atoms with Crippen LogP contribution in [-0.4, -0.2) is 4.98 Å². The van der Waals surface area contributed by atoms with Crippen LogP contribution in [0.5, 0.6) is 0 Å². The number of rotatable bonds is 2. The van der Waals surface area contributed by atoms with Gasteiger partial charge in [-0.15, -0.1) is 10.2 Å². The molecule has 7 heteroatoms. The summed E-state index contributed by atoms with van der Waals surface area (Å²) in [6.07, 6.45) is 3.17. The molecule has 0 fully saturated rings. The fourth-order valence-corrected chi connectivity index (χ4v) is 1.17. The molecule has 0 saturated carbocycles. The predicted octanol–water partition coefficient (Wildman–Crippen LogP) is 1.29. The number of hydrogen-bond donors (Lipinski definition) is 2. The van der Waals surface area contributed by atoms with Crippen molar-refractivity contribution >= 4 is 23.0 Å². The van der Waals surface area contributed by atoms with E-state index < -0.39 is 0 Å². The van der Waals surface area contributed by atoms with E-state index in [0.29, 0.717) is 10.4 Å². The van der Waals surface area contributed by atoms with Gasteiger partial charge in [0.1, 0.15) is 5.69 Å². The third-order valence-corrected chi connectivity index (χ3v) is 2.05. The second kappa shape index (κ2) is 4.44. The Morgan fingerprint density at radius 3 is 2.71 bits per heavy atom. The van der Waals surface area contributed by atoms with E-state index in [2.05, 4.69) is 15.2 Å². The van der Waals surface area contributed by atoms with E-state index in [1.165, 1.54) is 12.1 Å². The molecule has 86 valence electrons. The Kier molecular flexibility index (Phi) is 2.82.